The van der Waals surface area contributed by atoms with E-state index in [0.717, 1.165) is 44.3 Å². The van der Waals surface area contributed by atoms with Crippen LogP contribution in [0.4, 0.5) is 0 Å². The van der Waals surface area contributed by atoms with E-state index in [1.54, 1.807) is 7.11 Å². The Labute approximate surface area is 124 Å². The van der Waals surface area contributed by atoms with E-state index in [-0.39, 0.29) is 5.60 Å². The summed E-state index contributed by atoms with van der Waals surface area (Å²) in [5, 5.41) is 0. The van der Waals surface area contributed by atoms with Crippen LogP contribution >= 0.6 is 0 Å². The van der Waals surface area contributed by atoms with Crippen LogP contribution in [0.5, 0.6) is 0 Å². The molecule has 1 rings (SSSR count). The summed E-state index contributed by atoms with van der Waals surface area (Å²) in [6.07, 6.45) is 5.60. The number of methoxy groups -OCH3 is 1. The summed E-state index contributed by atoms with van der Waals surface area (Å²) in [6.45, 7) is 8.05. The molecule has 20 heavy (non-hydrogen) atoms. The second-order valence-corrected chi connectivity index (χ2v) is 6.28. The van der Waals surface area contributed by atoms with Gasteiger partial charge in [0.2, 0.25) is 0 Å². The zero-order valence-electron chi connectivity index (χ0n) is 13.5. The fourth-order valence-electron chi connectivity index (χ4n) is 2.96. The number of rotatable bonds is 10. The van der Waals surface area contributed by atoms with Crippen molar-refractivity contribution in [2.45, 2.75) is 51.6 Å². The van der Waals surface area contributed by atoms with Crippen molar-refractivity contribution in [2.75, 3.05) is 40.1 Å². The van der Waals surface area contributed by atoms with Gasteiger partial charge in [-0.1, -0.05) is 13.8 Å². The standard InChI is InChI=1S/C16H33NO3/c1-14(2)15-5-7-16(13-17,8-6-15)20-12-11-19-10-4-9-18-3/h14-15H,4-13,17H2,1-3H3. The highest BCUT2D eigenvalue weighted by atomic mass is 16.5. The molecule has 0 spiro atoms. The van der Waals surface area contributed by atoms with Gasteiger partial charge in [0.05, 0.1) is 18.8 Å². The van der Waals surface area contributed by atoms with Crippen molar-refractivity contribution in [3.63, 3.8) is 0 Å². The molecule has 0 bridgehead atoms. The molecular formula is C16H33NO3. The van der Waals surface area contributed by atoms with Crippen molar-refractivity contribution >= 4 is 0 Å². The Morgan fingerprint density at radius 2 is 1.80 bits per heavy atom. The van der Waals surface area contributed by atoms with E-state index >= 15 is 0 Å². The molecule has 0 aromatic carbocycles. The van der Waals surface area contributed by atoms with Crippen LogP contribution in [0.25, 0.3) is 0 Å². The van der Waals surface area contributed by atoms with Gasteiger partial charge >= 0.3 is 0 Å². The highest BCUT2D eigenvalue weighted by molar-refractivity contribution is 4.89. The van der Waals surface area contributed by atoms with Gasteiger partial charge in [0.25, 0.3) is 0 Å². The smallest absolute Gasteiger partial charge is 0.0805 e. The van der Waals surface area contributed by atoms with Gasteiger partial charge in [0.1, 0.15) is 0 Å². The third-order valence-electron chi connectivity index (χ3n) is 4.53. The predicted octanol–water partition coefficient (Wildman–Crippen LogP) is 2.60. The predicted molar refractivity (Wildman–Crippen MR) is 81.8 cm³/mol. The molecule has 2 N–H and O–H groups in total. The van der Waals surface area contributed by atoms with Gasteiger partial charge < -0.3 is 19.9 Å². The number of hydrogen-bond acceptors (Lipinski definition) is 4. The Hall–Kier alpha value is -0.160. The molecule has 1 fully saturated rings. The van der Waals surface area contributed by atoms with Crippen LogP contribution in [0.2, 0.25) is 0 Å². The average Bonchev–Trinajstić information content (AvgIpc) is 2.46. The van der Waals surface area contributed by atoms with Crippen LogP contribution in [-0.4, -0.2) is 45.7 Å². The van der Waals surface area contributed by atoms with Gasteiger partial charge in [-0.05, 0) is 43.9 Å². The van der Waals surface area contributed by atoms with E-state index in [1.807, 2.05) is 0 Å². The molecule has 0 aliphatic heterocycles. The Bertz CT molecular complexity index is 238. The first-order chi connectivity index (χ1) is 9.63. The lowest BCUT2D eigenvalue weighted by Crippen LogP contribution is -2.45. The molecule has 1 aliphatic rings. The van der Waals surface area contributed by atoms with Crippen LogP contribution in [-0.2, 0) is 14.2 Å². The Morgan fingerprint density at radius 3 is 2.35 bits per heavy atom. The van der Waals surface area contributed by atoms with E-state index in [9.17, 15) is 0 Å². The van der Waals surface area contributed by atoms with Gasteiger partial charge in [-0.3, -0.25) is 0 Å². The number of nitrogens with two attached hydrogens (primary N) is 1. The molecule has 0 radical (unpaired) electrons. The van der Waals surface area contributed by atoms with Crippen LogP contribution in [0, 0.1) is 11.8 Å². The van der Waals surface area contributed by atoms with Crippen molar-refractivity contribution in [2.24, 2.45) is 17.6 Å². The normalized spacial score (nSPS) is 27.1. The summed E-state index contributed by atoms with van der Waals surface area (Å²) in [5.74, 6) is 1.61. The van der Waals surface area contributed by atoms with Crippen molar-refractivity contribution < 1.29 is 14.2 Å². The van der Waals surface area contributed by atoms with Gasteiger partial charge in [-0.2, -0.15) is 0 Å². The topological polar surface area (TPSA) is 53.7 Å². The molecule has 4 nitrogen and oxygen atoms in total. The lowest BCUT2D eigenvalue weighted by molar-refractivity contribution is -0.0913. The van der Waals surface area contributed by atoms with Crippen LogP contribution in [0.15, 0.2) is 0 Å². The maximum absolute atomic E-state index is 6.07. The molecule has 0 aromatic rings. The van der Waals surface area contributed by atoms with E-state index in [2.05, 4.69) is 13.8 Å². The maximum Gasteiger partial charge on any atom is 0.0805 e. The summed E-state index contributed by atoms with van der Waals surface area (Å²) >= 11 is 0. The van der Waals surface area contributed by atoms with E-state index in [0.29, 0.717) is 19.8 Å². The van der Waals surface area contributed by atoms with Gasteiger partial charge in [-0.25, -0.2) is 0 Å². The lowest BCUT2D eigenvalue weighted by atomic mass is 9.74. The van der Waals surface area contributed by atoms with E-state index in [4.69, 9.17) is 19.9 Å². The van der Waals surface area contributed by atoms with E-state index in [1.165, 1.54) is 12.8 Å². The first-order valence-corrected chi connectivity index (χ1v) is 8.04. The molecule has 0 aromatic heterocycles. The van der Waals surface area contributed by atoms with Gasteiger partial charge in [0, 0.05) is 26.9 Å². The van der Waals surface area contributed by atoms with Gasteiger partial charge in [0.15, 0.2) is 0 Å². The summed E-state index contributed by atoms with van der Waals surface area (Å²) in [4.78, 5) is 0. The summed E-state index contributed by atoms with van der Waals surface area (Å²) < 4.78 is 16.6. The Kier molecular flexibility index (Phi) is 8.69. The van der Waals surface area contributed by atoms with Crippen LogP contribution in [0.3, 0.4) is 0 Å². The van der Waals surface area contributed by atoms with Crippen LogP contribution in [0.1, 0.15) is 46.0 Å². The molecule has 120 valence electrons. The highest BCUT2D eigenvalue weighted by Crippen LogP contribution is 2.37. The van der Waals surface area contributed by atoms with E-state index < -0.39 is 0 Å². The molecule has 0 unspecified atom stereocenters. The monoisotopic (exact) mass is 287 g/mol. The fraction of sp³-hybridized carbons (Fsp3) is 1.00. The van der Waals surface area contributed by atoms with Gasteiger partial charge in [-0.15, -0.1) is 0 Å². The molecule has 4 heteroatoms. The first-order valence-electron chi connectivity index (χ1n) is 8.04. The minimum absolute atomic E-state index is 0.0960. The summed E-state index contributed by atoms with van der Waals surface area (Å²) in [5.41, 5.74) is 5.86. The Balaban J connectivity index is 2.16. The fourth-order valence-corrected chi connectivity index (χ4v) is 2.96. The molecule has 0 heterocycles. The van der Waals surface area contributed by atoms with Crippen molar-refractivity contribution in [3.05, 3.63) is 0 Å². The largest absolute Gasteiger partial charge is 0.385 e. The van der Waals surface area contributed by atoms with Crippen molar-refractivity contribution in [1.82, 2.24) is 0 Å². The zero-order chi connectivity index (χ0) is 14.8. The van der Waals surface area contributed by atoms with Crippen molar-refractivity contribution in [1.29, 1.82) is 0 Å². The third-order valence-corrected chi connectivity index (χ3v) is 4.53. The summed E-state index contributed by atoms with van der Waals surface area (Å²) in [7, 11) is 1.71. The first kappa shape index (κ1) is 17.9. The molecule has 0 atom stereocenters. The SMILES string of the molecule is COCCCOCCOC1(CN)CCC(C(C)C)CC1. The maximum atomic E-state index is 6.07. The highest BCUT2D eigenvalue weighted by Gasteiger charge is 2.35. The number of ether oxygens (including phenoxy) is 3. The molecular weight excluding hydrogens is 254 g/mol. The molecule has 0 amide bonds. The van der Waals surface area contributed by atoms with Crippen molar-refractivity contribution in [3.8, 4) is 0 Å². The molecule has 1 aliphatic carbocycles. The molecule has 1 saturated carbocycles. The lowest BCUT2D eigenvalue weighted by Gasteiger charge is -2.40. The Morgan fingerprint density at radius 1 is 1.10 bits per heavy atom. The summed E-state index contributed by atoms with van der Waals surface area (Å²) in [6, 6.07) is 0. The minimum Gasteiger partial charge on any atom is -0.385 e. The second-order valence-electron chi connectivity index (χ2n) is 6.28. The number of hydrogen-bond donors (Lipinski definition) is 1. The minimum atomic E-state index is -0.0960. The zero-order valence-corrected chi connectivity index (χ0v) is 13.5. The second kappa shape index (κ2) is 9.72. The van der Waals surface area contributed by atoms with Crippen LogP contribution < -0.4 is 5.73 Å². The average molecular weight is 287 g/mol. The molecule has 0 saturated heterocycles. The third kappa shape index (κ3) is 6.08. The quantitative estimate of drug-likeness (QED) is 0.628.